The average Bonchev–Trinajstić information content (AvgIpc) is 2.75. The number of sulfonamides is 1. The predicted molar refractivity (Wildman–Crippen MR) is 78.1 cm³/mol. The van der Waals surface area contributed by atoms with Crippen LogP contribution >= 0.6 is 27.3 Å². The van der Waals surface area contributed by atoms with Crippen LogP contribution < -0.4 is 10.5 Å². The molecule has 0 radical (unpaired) electrons. The average molecular weight is 379 g/mol. The summed E-state index contributed by atoms with van der Waals surface area (Å²) in [4.78, 5) is 13.8. The van der Waals surface area contributed by atoms with Crippen molar-refractivity contribution < 1.29 is 13.3 Å². The number of rotatable bonds is 4. The summed E-state index contributed by atoms with van der Waals surface area (Å²) in [6.45, 7) is 0. The molecule has 8 nitrogen and oxygen atoms in total. The van der Waals surface area contributed by atoms with Gasteiger partial charge in [0.1, 0.15) is 10.0 Å². The van der Waals surface area contributed by atoms with Gasteiger partial charge in [-0.15, -0.1) is 0 Å². The molecular formula is C9H7BrN4O4S2. The number of hydrogen-bond donors (Lipinski definition) is 2. The van der Waals surface area contributed by atoms with E-state index in [0.717, 1.165) is 6.07 Å². The summed E-state index contributed by atoms with van der Waals surface area (Å²) in [5.74, 6) is 0.0998. The van der Waals surface area contributed by atoms with Gasteiger partial charge in [0.2, 0.25) is 0 Å². The van der Waals surface area contributed by atoms with E-state index >= 15 is 0 Å². The molecule has 0 bridgehead atoms. The molecule has 0 amide bonds. The summed E-state index contributed by atoms with van der Waals surface area (Å²) >= 11 is 3.79. The Balaban J connectivity index is 2.33. The lowest BCUT2D eigenvalue weighted by Crippen LogP contribution is -2.12. The van der Waals surface area contributed by atoms with Gasteiger partial charge >= 0.3 is 5.69 Å². The van der Waals surface area contributed by atoms with E-state index < -0.39 is 20.6 Å². The predicted octanol–water partition coefficient (Wildman–Crippen LogP) is 2.20. The van der Waals surface area contributed by atoms with Gasteiger partial charge in [-0.1, -0.05) is 11.3 Å². The van der Waals surface area contributed by atoms with Gasteiger partial charge in [-0.2, -0.15) is 0 Å². The van der Waals surface area contributed by atoms with E-state index in [1.165, 1.54) is 12.3 Å². The summed E-state index contributed by atoms with van der Waals surface area (Å²) in [6, 6.07) is 3.98. The number of nitrogens with zero attached hydrogens (tertiary/aromatic N) is 2. The van der Waals surface area contributed by atoms with Crippen LogP contribution in [-0.4, -0.2) is 18.3 Å². The van der Waals surface area contributed by atoms with E-state index in [-0.39, 0.29) is 15.0 Å². The summed E-state index contributed by atoms with van der Waals surface area (Å²) < 4.78 is 26.7. The summed E-state index contributed by atoms with van der Waals surface area (Å²) in [7, 11) is -3.96. The maximum Gasteiger partial charge on any atom is 0.304 e. The van der Waals surface area contributed by atoms with Crippen LogP contribution in [-0.2, 0) is 10.0 Å². The highest BCUT2D eigenvalue weighted by Crippen LogP contribution is 2.34. The van der Waals surface area contributed by atoms with Gasteiger partial charge in [0.15, 0.2) is 5.00 Å². The molecule has 0 aromatic carbocycles. The summed E-state index contributed by atoms with van der Waals surface area (Å²) in [5, 5.41) is 10.5. The molecule has 0 saturated heterocycles. The Labute approximate surface area is 126 Å². The van der Waals surface area contributed by atoms with Gasteiger partial charge in [0.05, 0.1) is 4.92 Å². The zero-order valence-electron chi connectivity index (χ0n) is 9.61. The molecule has 0 aliphatic carbocycles. The van der Waals surface area contributed by atoms with Gasteiger partial charge in [-0.25, -0.2) is 13.4 Å². The number of nitrogens with one attached hydrogen (secondary N) is 1. The minimum atomic E-state index is -3.96. The van der Waals surface area contributed by atoms with E-state index in [1.54, 1.807) is 6.07 Å². The topological polar surface area (TPSA) is 128 Å². The molecule has 20 heavy (non-hydrogen) atoms. The molecule has 0 spiro atoms. The van der Waals surface area contributed by atoms with E-state index in [4.69, 9.17) is 5.73 Å². The Morgan fingerprint density at radius 1 is 1.45 bits per heavy atom. The van der Waals surface area contributed by atoms with Crippen LogP contribution in [0.15, 0.2) is 33.1 Å². The first kappa shape index (κ1) is 14.7. The van der Waals surface area contributed by atoms with Crippen LogP contribution in [0.5, 0.6) is 0 Å². The molecule has 0 fully saturated rings. The van der Waals surface area contributed by atoms with Gasteiger partial charge in [-0.3, -0.25) is 14.8 Å². The van der Waals surface area contributed by atoms with E-state index in [1.807, 2.05) is 0 Å². The molecule has 0 atom stereocenters. The van der Waals surface area contributed by atoms with E-state index in [9.17, 15) is 18.5 Å². The van der Waals surface area contributed by atoms with E-state index in [0.29, 0.717) is 15.8 Å². The summed E-state index contributed by atoms with van der Waals surface area (Å²) in [5.41, 5.74) is 4.98. The molecule has 11 heteroatoms. The zero-order chi connectivity index (χ0) is 14.9. The Morgan fingerprint density at radius 2 is 2.15 bits per heavy atom. The fraction of sp³-hybridized carbons (Fsp3) is 0. The Bertz CT molecular complexity index is 757. The Morgan fingerprint density at radius 3 is 2.65 bits per heavy atom. The first-order valence-corrected chi connectivity index (χ1v) is 8.07. The SMILES string of the molecule is Nc1sc(S(=O)(=O)Nc2ccc(Br)cn2)cc1[N+](=O)[O-]. The minimum Gasteiger partial charge on any atom is -0.385 e. The van der Waals surface area contributed by atoms with Crippen molar-refractivity contribution in [2.24, 2.45) is 0 Å². The third-order valence-corrected chi connectivity index (χ3v) is 5.40. The van der Waals surface area contributed by atoms with Gasteiger partial charge in [0.25, 0.3) is 10.0 Å². The van der Waals surface area contributed by atoms with Gasteiger partial charge in [-0.05, 0) is 28.1 Å². The number of pyridine rings is 1. The molecule has 2 aromatic heterocycles. The molecule has 2 heterocycles. The zero-order valence-corrected chi connectivity index (χ0v) is 12.8. The molecular weight excluding hydrogens is 372 g/mol. The maximum atomic E-state index is 12.0. The molecule has 0 aliphatic heterocycles. The van der Waals surface area contributed by atoms with Crippen molar-refractivity contribution in [1.29, 1.82) is 0 Å². The maximum absolute atomic E-state index is 12.0. The fourth-order valence-electron chi connectivity index (χ4n) is 1.27. The van der Waals surface area contributed by atoms with Gasteiger partial charge < -0.3 is 5.73 Å². The molecule has 0 saturated carbocycles. The van der Waals surface area contributed by atoms with Crippen molar-refractivity contribution in [1.82, 2.24) is 4.98 Å². The third kappa shape index (κ3) is 3.05. The van der Waals surface area contributed by atoms with Crippen LogP contribution in [0.4, 0.5) is 16.5 Å². The molecule has 0 aliphatic rings. The molecule has 3 N–H and O–H groups in total. The number of aromatic nitrogens is 1. The molecule has 2 aromatic rings. The lowest BCUT2D eigenvalue weighted by molar-refractivity contribution is -0.383. The minimum absolute atomic E-state index is 0.0998. The third-order valence-electron chi connectivity index (χ3n) is 2.15. The lowest BCUT2D eigenvalue weighted by Gasteiger charge is -2.04. The number of thiophene rings is 1. The van der Waals surface area contributed by atoms with Crippen LogP contribution in [0.1, 0.15) is 0 Å². The lowest BCUT2D eigenvalue weighted by atomic mass is 10.5. The number of nitrogen functional groups attached to an aromatic ring is 1. The number of anilines is 2. The largest absolute Gasteiger partial charge is 0.385 e. The smallest absolute Gasteiger partial charge is 0.304 e. The van der Waals surface area contributed by atoms with Crippen molar-refractivity contribution in [3.8, 4) is 0 Å². The normalized spacial score (nSPS) is 11.2. The van der Waals surface area contributed by atoms with E-state index in [2.05, 4.69) is 25.6 Å². The first-order chi connectivity index (χ1) is 9.29. The molecule has 0 unspecified atom stereocenters. The first-order valence-electron chi connectivity index (χ1n) is 4.97. The number of halogens is 1. The molecule has 106 valence electrons. The fourth-order valence-corrected chi connectivity index (χ4v) is 3.73. The highest BCUT2D eigenvalue weighted by atomic mass is 79.9. The second-order valence-electron chi connectivity index (χ2n) is 3.54. The van der Waals surface area contributed by atoms with Crippen molar-refractivity contribution in [3.63, 3.8) is 0 Å². The monoisotopic (exact) mass is 378 g/mol. The second-order valence-corrected chi connectivity index (χ2v) is 7.45. The Hall–Kier alpha value is -1.72. The summed E-state index contributed by atoms with van der Waals surface area (Å²) in [6.07, 6.45) is 1.42. The van der Waals surface area contributed by atoms with Crippen LogP contribution in [0.2, 0.25) is 0 Å². The highest BCUT2D eigenvalue weighted by Gasteiger charge is 2.25. The van der Waals surface area contributed by atoms with Crippen LogP contribution in [0.25, 0.3) is 0 Å². The van der Waals surface area contributed by atoms with Crippen LogP contribution in [0, 0.1) is 10.1 Å². The van der Waals surface area contributed by atoms with Crippen molar-refractivity contribution >= 4 is 53.8 Å². The second kappa shape index (κ2) is 5.34. The highest BCUT2D eigenvalue weighted by molar-refractivity contribution is 9.10. The van der Waals surface area contributed by atoms with Crippen molar-refractivity contribution in [2.75, 3.05) is 10.5 Å². The number of hydrogen-bond acceptors (Lipinski definition) is 7. The molecule has 2 rings (SSSR count). The van der Waals surface area contributed by atoms with Gasteiger partial charge in [0, 0.05) is 16.7 Å². The van der Waals surface area contributed by atoms with Crippen molar-refractivity contribution in [2.45, 2.75) is 4.21 Å². The number of nitro groups is 1. The van der Waals surface area contributed by atoms with Crippen molar-refractivity contribution in [3.05, 3.63) is 39.0 Å². The number of nitrogens with two attached hydrogens (primary N) is 1. The Kier molecular flexibility index (Phi) is 3.92. The standard InChI is InChI=1S/C9H7BrN4O4S2/c10-5-1-2-7(12-4-5)13-20(17,18)8-3-6(14(15)16)9(11)19-8/h1-4H,11H2,(H,12,13). The van der Waals surface area contributed by atoms with Crippen LogP contribution in [0.3, 0.4) is 0 Å². The quantitative estimate of drug-likeness (QED) is 0.619.